The van der Waals surface area contributed by atoms with E-state index in [-0.39, 0.29) is 18.7 Å². The van der Waals surface area contributed by atoms with E-state index in [4.69, 9.17) is 22.4 Å². The Morgan fingerprint density at radius 1 is 1.36 bits per heavy atom. The smallest absolute Gasteiger partial charge is 0.223 e. The van der Waals surface area contributed by atoms with Crippen LogP contribution < -0.4 is 10.6 Å². The molecule has 1 unspecified atom stereocenters. The third kappa shape index (κ3) is 6.31. The van der Waals surface area contributed by atoms with Gasteiger partial charge in [0.15, 0.2) is 0 Å². The first kappa shape index (κ1) is 20.9. The fourth-order valence-corrected chi connectivity index (χ4v) is 1.78. The van der Waals surface area contributed by atoms with E-state index in [0.717, 1.165) is 24.3 Å². The lowest BCUT2D eigenvalue weighted by atomic mass is 10.2. The van der Waals surface area contributed by atoms with Gasteiger partial charge in [0.1, 0.15) is 23.7 Å². The van der Waals surface area contributed by atoms with Gasteiger partial charge in [0.2, 0.25) is 5.95 Å². The van der Waals surface area contributed by atoms with E-state index in [9.17, 15) is 0 Å². The molecule has 1 saturated heterocycles. The molecule has 0 radical (unpaired) electrons. The van der Waals surface area contributed by atoms with Gasteiger partial charge in [-0.05, 0) is 13.3 Å². The second-order valence-corrected chi connectivity index (χ2v) is 4.59. The minimum atomic E-state index is -0.0509. The standard InChI is InChI=1S/C9H15ClN4.C3H6O3.C2H6/c1-4-6-7(10)12-9(11)13-8(6)14(3)5-2;4-1-3-2-5-6-3;1-2/h4-5H2,1-3H3,(H2,11,12,13);3-4H,1-2H2;1-2H3. The molecule has 2 heterocycles. The number of nitrogen functional groups attached to an aromatic ring is 1. The second kappa shape index (κ2) is 11.4. The van der Waals surface area contributed by atoms with Crippen LogP contribution in [0, 0.1) is 0 Å². The van der Waals surface area contributed by atoms with Gasteiger partial charge in [-0.2, -0.15) is 4.98 Å². The molecule has 0 spiro atoms. The lowest BCUT2D eigenvalue weighted by Gasteiger charge is -2.21. The van der Waals surface area contributed by atoms with E-state index in [1.54, 1.807) is 0 Å². The van der Waals surface area contributed by atoms with Crippen LogP contribution in [-0.4, -0.2) is 48.0 Å². The maximum Gasteiger partial charge on any atom is 0.223 e. The van der Waals surface area contributed by atoms with Gasteiger partial charge in [0, 0.05) is 19.2 Å². The molecule has 128 valence electrons. The van der Waals surface area contributed by atoms with Crippen molar-refractivity contribution in [1.82, 2.24) is 9.97 Å². The van der Waals surface area contributed by atoms with Crippen LogP contribution in [0.4, 0.5) is 11.8 Å². The van der Waals surface area contributed by atoms with Gasteiger partial charge in [-0.3, -0.25) is 0 Å². The average molecular weight is 335 g/mol. The number of aliphatic hydroxyl groups excluding tert-OH is 1. The van der Waals surface area contributed by atoms with E-state index in [0.29, 0.717) is 11.8 Å². The summed E-state index contributed by atoms with van der Waals surface area (Å²) >= 11 is 5.98. The summed E-state index contributed by atoms with van der Waals surface area (Å²) in [6.07, 6.45) is 0.753. The van der Waals surface area contributed by atoms with E-state index >= 15 is 0 Å². The Hall–Kier alpha value is -1.15. The predicted molar refractivity (Wildman–Crippen MR) is 89.0 cm³/mol. The van der Waals surface area contributed by atoms with Crippen molar-refractivity contribution in [3.05, 3.63) is 10.7 Å². The number of anilines is 2. The minimum absolute atomic E-state index is 0.0509. The number of nitrogens with two attached hydrogens (primary N) is 1. The molecular weight excluding hydrogens is 308 g/mol. The Bertz CT molecular complexity index is 428. The van der Waals surface area contributed by atoms with Crippen molar-refractivity contribution in [3.63, 3.8) is 0 Å². The van der Waals surface area contributed by atoms with Crippen molar-refractivity contribution in [2.24, 2.45) is 0 Å². The Morgan fingerprint density at radius 3 is 2.27 bits per heavy atom. The molecular formula is C14H27ClN4O3. The maximum atomic E-state index is 8.18. The average Bonchev–Trinajstić information content (AvgIpc) is 2.47. The third-order valence-corrected chi connectivity index (χ3v) is 3.12. The van der Waals surface area contributed by atoms with Crippen molar-refractivity contribution in [2.75, 3.05) is 37.4 Å². The topological polar surface area (TPSA) is 93.7 Å². The van der Waals surface area contributed by atoms with Crippen LogP contribution >= 0.6 is 11.6 Å². The molecule has 22 heavy (non-hydrogen) atoms. The summed E-state index contributed by atoms with van der Waals surface area (Å²) in [5, 5.41) is 8.64. The third-order valence-electron chi connectivity index (χ3n) is 2.80. The van der Waals surface area contributed by atoms with Gasteiger partial charge in [0.05, 0.1) is 6.61 Å². The highest BCUT2D eigenvalue weighted by molar-refractivity contribution is 6.30. The van der Waals surface area contributed by atoms with Crippen LogP contribution in [0.5, 0.6) is 0 Å². The van der Waals surface area contributed by atoms with Crippen molar-refractivity contribution in [3.8, 4) is 0 Å². The second-order valence-electron chi connectivity index (χ2n) is 4.23. The van der Waals surface area contributed by atoms with Gasteiger partial charge in [-0.1, -0.05) is 32.4 Å². The summed E-state index contributed by atoms with van der Waals surface area (Å²) in [6, 6.07) is 0. The number of nitrogens with zero attached hydrogens (tertiary/aromatic N) is 3. The Balaban J connectivity index is 0.000000457. The van der Waals surface area contributed by atoms with Gasteiger partial charge in [-0.15, -0.1) is 0 Å². The molecule has 0 aliphatic carbocycles. The molecule has 1 aromatic rings. The summed E-state index contributed by atoms with van der Waals surface area (Å²) in [6.45, 7) is 9.54. The number of aliphatic hydroxyl groups is 1. The molecule has 1 aliphatic rings. The highest BCUT2D eigenvalue weighted by Crippen LogP contribution is 2.24. The first-order chi connectivity index (χ1) is 10.5. The lowest BCUT2D eigenvalue weighted by Crippen LogP contribution is -2.33. The number of rotatable bonds is 4. The zero-order valence-electron chi connectivity index (χ0n) is 14.0. The molecule has 7 nitrogen and oxygen atoms in total. The molecule has 0 amide bonds. The van der Waals surface area contributed by atoms with Crippen LogP contribution in [-0.2, 0) is 16.2 Å². The van der Waals surface area contributed by atoms with Gasteiger partial charge >= 0.3 is 0 Å². The molecule has 3 N–H and O–H groups in total. The molecule has 0 aromatic carbocycles. The number of hydrogen-bond donors (Lipinski definition) is 2. The minimum Gasteiger partial charge on any atom is -0.393 e. The molecule has 1 aromatic heterocycles. The Morgan fingerprint density at radius 2 is 1.95 bits per heavy atom. The first-order valence-corrected chi connectivity index (χ1v) is 7.83. The van der Waals surface area contributed by atoms with Gasteiger partial charge in [0.25, 0.3) is 0 Å². The van der Waals surface area contributed by atoms with Gasteiger partial charge < -0.3 is 15.7 Å². The lowest BCUT2D eigenvalue weighted by molar-refractivity contribution is -0.428. The zero-order valence-corrected chi connectivity index (χ0v) is 14.7. The van der Waals surface area contributed by atoms with E-state index in [1.165, 1.54) is 0 Å². The maximum absolute atomic E-state index is 8.18. The molecule has 1 atom stereocenters. The fraction of sp³-hybridized carbons (Fsp3) is 0.714. The summed E-state index contributed by atoms with van der Waals surface area (Å²) in [7, 11) is 1.96. The summed E-state index contributed by atoms with van der Waals surface area (Å²) in [5.41, 5.74) is 6.49. The van der Waals surface area contributed by atoms with Crippen molar-refractivity contribution in [2.45, 2.75) is 40.2 Å². The monoisotopic (exact) mass is 334 g/mol. The van der Waals surface area contributed by atoms with Gasteiger partial charge in [-0.25, -0.2) is 14.8 Å². The molecule has 8 heteroatoms. The molecule has 1 fully saturated rings. The molecule has 0 saturated carbocycles. The predicted octanol–water partition coefficient (Wildman–Crippen LogP) is 2.07. The molecule has 1 aliphatic heterocycles. The van der Waals surface area contributed by atoms with E-state index < -0.39 is 0 Å². The summed E-state index contributed by atoms with van der Waals surface area (Å²) < 4.78 is 0. The molecule has 0 bridgehead atoms. The highest BCUT2D eigenvalue weighted by Gasteiger charge is 2.18. The van der Waals surface area contributed by atoms with Crippen LogP contribution in [0.15, 0.2) is 0 Å². The Kier molecular flexibility index (Phi) is 10.8. The molecule has 2 rings (SSSR count). The zero-order chi connectivity index (χ0) is 17.1. The van der Waals surface area contributed by atoms with E-state index in [1.807, 2.05) is 39.6 Å². The largest absolute Gasteiger partial charge is 0.393 e. The van der Waals surface area contributed by atoms with E-state index in [2.05, 4.69) is 19.7 Å². The highest BCUT2D eigenvalue weighted by atomic mass is 35.5. The summed E-state index contributed by atoms with van der Waals surface area (Å²) in [5.74, 6) is 1.05. The van der Waals surface area contributed by atoms with Crippen molar-refractivity contribution < 1.29 is 14.9 Å². The number of halogens is 1. The summed E-state index contributed by atoms with van der Waals surface area (Å²) in [4.78, 5) is 18.7. The normalized spacial score (nSPS) is 15.7. The fourth-order valence-electron chi connectivity index (χ4n) is 1.48. The van der Waals surface area contributed by atoms with Crippen LogP contribution in [0.1, 0.15) is 33.3 Å². The number of aromatic nitrogens is 2. The quantitative estimate of drug-likeness (QED) is 0.643. The first-order valence-electron chi connectivity index (χ1n) is 7.45. The van der Waals surface area contributed by atoms with Crippen LogP contribution in [0.3, 0.4) is 0 Å². The number of hydrogen-bond acceptors (Lipinski definition) is 7. The van der Waals surface area contributed by atoms with Crippen LogP contribution in [0.2, 0.25) is 5.15 Å². The van der Waals surface area contributed by atoms with Crippen molar-refractivity contribution in [1.29, 1.82) is 0 Å². The Labute approximate surface area is 137 Å². The van der Waals surface area contributed by atoms with Crippen LogP contribution in [0.25, 0.3) is 0 Å². The van der Waals surface area contributed by atoms with Crippen molar-refractivity contribution >= 4 is 23.4 Å². The SMILES string of the molecule is CC.CCc1c(Cl)nc(N)nc1N(C)CC.OCC1COO1.